The SMILES string of the molecule is Cc1ccc(CN2CCCC2c2cnccn2)s1. The Morgan fingerprint density at radius 1 is 1.39 bits per heavy atom. The van der Waals surface area contributed by atoms with Gasteiger partial charge in [0.1, 0.15) is 0 Å². The molecule has 0 saturated carbocycles. The minimum atomic E-state index is 0.445. The van der Waals surface area contributed by atoms with Crippen LogP contribution in [0.5, 0.6) is 0 Å². The summed E-state index contributed by atoms with van der Waals surface area (Å²) < 4.78 is 0. The summed E-state index contributed by atoms with van der Waals surface area (Å²) in [6.45, 7) is 4.37. The molecule has 2 aromatic heterocycles. The summed E-state index contributed by atoms with van der Waals surface area (Å²) in [6, 6.07) is 4.89. The van der Waals surface area contributed by atoms with Crippen molar-refractivity contribution in [3.8, 4) is 0 Å². The van der Waals surface area contributed by atoms with Crippen molar-refractivity contribution in [1.82, 2.24) is 14.9 Å². The first-order valence-corrected chi connectivity index (χ1v) is 7.20. The third kappa shape index (κ3) is 2.44. The van der Waals surface area contributed by atoms with E-state index in [0.717, 1.165) is 18.8 Å². The second-order valence-electron chi connectivity index (χ2n) is 4.77. The molecule has 0 aliphatic carbocycles. The maximum atomic E-state index is 4.46. The lowest BCUT2D eigenvalue weighted by Crippen LogP contribution is -2.23. The molecule has 1 fully saturated rings. The molecule has 3 nitrogen and oxygen atoms in total. The second kappa shape index (κ2) is 5.16. The number of nitrogens with zero attached hydrogens (tertiary/aromatic N) is 3. The maximum absolute atomic E-state index is 4.46. The highest BCUT2D eigenvalue weighted by Crippen LogP contribution is 2.32. The average molecular weight is 259 g/mol. The fourth-order valence-electron chi connectivity index (χ4n) is 2.60. The highest BCUT2D eigenvalue weighted by molar-refractivity contribution is 7.11. The molecular weight excluding hydrogens is 242 g/mol. The Labute approximate surface area is 112 Å². The zero-order chi connectivity index (χ0) is 12.4. The van der Waals surface area contributed by atoms with E-state index < -0.39 is 0 Å². The molecule has 0 radical (unpaired) electrons. The molecule has 1 aliphatic rings. The Morgan fingerprint density at radius 3 is 3.06 bits per heavy atom. The fourth-order valence-corrected chi connectivity index (χ4v) is 3.52. The first kappa shape index (κ1) is 11.8. The maximum Gasteiger partial charge on any atom is 0.0758 e. The molecule has 0 amide bonds. The normalized spacial score (nSPS) is 20.4. The van der Waals surface area contributed by atoms with Crippen molar-refractivity contribution in [1.29, 1.82) is 0 Å². The number of aryl methyl sites for hydroxylation is 1. The minimum absolute atomic E-state index is 0.445. The van der Waals surface area contributed by atoms with Crippen molar-refractivity contribution < 1.29 is 0 Å². The highest BCUT2D eigenvalue weighted by Gasteiger charge is 2.27. The Bertz CT molecular complexity index is 509. The lowest BCUT2D eigenvalue weighted by atomic mass is 10.1. The van der Waals surface area contributed by atoms with Crippen LogP contribution in [0.1, 0.15) is 34.3 Å². The summed E-state index contributed by atoms with van der Waals surface area (Å²) in [4.78, 5) is 14.0. The van der Waals surface area contributed by atoms with Crippen LogP contribution in [0.4, 0.5) is 0 Å². The first-order chi connectivity index (χ1) is 8.83. The van der Waals surface area contributed by atoms with E-state index in [1.165, 1.54) is 22.6 Å². The third-order valence-corrected chi connectivity index (χ3v) is 4.43. The van der Waals surface area contributed by atoms with E-state index in [2.05, 4.69) is 33.9 Å². The van der Waals surface area contributed by atoms with Crippen LogP contribution in [0, 0.1) is 6.92 Å². The van der Waals surface area contributed by atoms with E-state index in [1.807, 2.05) is 17.5 Å². The molecule has 0 aromatic carbocycles. The lowest BCUT2D eigenvalue weighted by molar-refractivity contribution is 0.246. The monoisotopic (exact) mass is 259 g/mol. The van der Waals surface area contributed by atoms with E-state index in [4.69, 9.17) is 0 Å². The van der Waals surface area contributed by atoms with Crippen LogP contribution in [0.25, 0.3) is 0 Å². The van der Waals surface area contributed by atoms with Gasteiger partial charge in [0.05, 0.1) is 11.7 Å². The Kier molecular flexibility index (Phi) is 3.39. The summed E-state index contributed by atoms with van der Waals surface area (Å²) in [5, 5.41) is 0. The third-order valence-electron chi connectivity index (χ3n) is 3.44. The van der Waals surface area contributed by atoms with Gasteiger partial charge in [-0.15, -0.1) is 11.3 Å². The quantitative estimate of drug-likeness (QED) is 0.847. The summed E-state index contributed by atoms with van der Waals surface area (Å²) >= 11 is 1.89. The molecule has 1 unspecified atom stereocenters. The summed E-state index contributed by atoms with van der Waals surface area (Å²) in [5.74, 6) is 0. The zero-order valence-electron chi connectivity index (χ0n) is 10.5. The number of aromatic nitrogens is 2. The van der Waals surface area contributed by atoms with E-state index in [9.17, 15) is 0 Å². The van der Waals surface area contributed by atoms with E-state index in [1.54, 1.807) is 12.4 Å². The molecule has 0 bridgehead atoms. The fraction of sp³-hybridized carbons (Fsp3) is 0.429. The Balaban J connectivity index is 1.75. The van der Waals surface area contributed by atoms with Gasteiger partial charge in [-0.2, -0.15) is 0 Å². The van der Waals surface area contributed by atoms with E-state index in [0.29, 0.717) is 6.04 Å². The van der Waals surface area contributed by atoms with Gasteiger partial charge < -0.3 is 0 Å². The summed E-state index contributed by atoms with van der Waals surface area (Å²) in [5.41, 5.74) is 1.11. The molecule has 1 aliphatic heterocycles. The number of rotatable bonds is 3. The van der Waals surface area contributed by atoms with Gasteiger partial charge in [-0.3, -0.25) is 14.9 Å². The summed E-state index contributed by atoms with van der Waals surface area (Å²) in [7, 11) is 0. The standard InChI is InChI=1S/C14H17N3S/c1-11-4-5-12(18-11)10-17-8-2-3-14(17)13-9-15-6-7-16-13/h4-7,9,14H,2-3,8,10H2,1H3. The van der Waals surface area contributed by atoms with Crippen molar-refractivity contribution in [2.75, 3.05) is 6.54 Å². The van der Waals surface area contributed by atoms with Gasteiger partial charge in [0.15, 0.2) is 0 Å². The topological polar surface area (TPSA) is 29.0 Å². The average Bonchev–Trinajstić information content (AvgIpc) is 3.00. The highest BCUT2D eigenvalue weighted by atomic mass is 32.1. The number of hydrogen-bond acceptors (Lipinski definition) is 4. The van der Waals surface area contributed by atoms with Gasteiger partial charge in [0.25, 0.3) is 0 Å². The largest absolute Gasteiger partial charge is 0.290 e. The van der Waals surface area contributed by atoms with Crippen LogP contribution >= 0.6 is 11.3 Å². The van der Waals surface area contributed by atoms with Crippen molar-refractivity contribution >= 4 is 11.3 Å². The molecule has 94 valence electrons. The first-order valence-electron chi connectivity index (χ1n) is 6.38. The van der Waals surface area contributed by atoms with Crippen LogP contribution in [0.3, 0.4) is 0 Å². The molecule has 4 heteroatoms. The number of hydrogen-bond donors (Lipinski definition) is 0. The second-order valence-corrected chi connectivity index (χ2v) is 6.14. The molecule has 3 rings (SSSR count). The van der Waals surface area contributed by atoms with Gasteiger partial charge >= 0.3 is 0 Å². The van der Waals surface area contributed by atoms with Crippen molar-refractivity contribution in [2.45, 2.75) is 32.4 Å². The van der Waals surface area contributed by atoms with Crippen LogP contribution in [0.2, 0.25) is 0 Å². The van der Waals surface area contributed by atoms with Crippen molar-refractivity contribution in [3.05, 3.63) is 46.2 Å². The summed E-state index contributed by atoms with van der Waals surface area (Å²) in [6.07, 6.45) is 7.89. The molecule has 1 saturated heterocycles. The smallest absolute Gasteiger partial charge is 0.0758 e. The molecule has 0 spiro atoms. The molecular formula is C14H17N3S. The molecule has 3 heterocycles. The molecule has 18 heavy (non-hydrogen) atoms. The van der Waals surface area contributed by atoms with E-state index in [-0.39, 0.29) is 0 Å². The predicted octanol–water partition coefficient (Wildman–Crippen LogP) is 3.18. The van der Waals surface area contributed by atoms with Gasteiger partial charge in [-0.25, -0.2) is 0 Å². The molecule has 2 aromatic rings. The van der Waals surface area contributed by atoms with Crippen molar-refractivity contribution in [2.24, 2.45) is 0 Å². The predicted molar refractivity (Wildman–Crippen MR) is 73.5 cm³/mol. The van der Waals surface area contributed by atoms with E-state index >= 15 is 0 Å². The minimum Gasteiger partial charge on any atom is -0.290 e. The van der Waals surface area contributed by atoms with Gasteiger partial charge in [-0.1, -0.05) is 0 Å². The van der Waals surface area contributed by atoms with Gasteiger partial charge in [0.2, 0.25) is 0 Å². The van der Waals surface area contributed by atoms with Crippen LogP contribution in [0.15, 0.2) is 30.7 Å². The lowest BCUT2D eigenvalue weighted by Gasteiger charge is -2.22. The number of likely N-dealkylation sites (tertiary alicyclic amines) is 1. The zero-order valence-corrected chi connectivity index (χ0v) is 11.4. The van der Waals surface area contributed by atoms with Crippen LogP contribution in [-0.2, 0) is 6.54 Å². The van der Waals surface area contributed by atoms with Gasteiger partial charge in [-0.05, 0) is 38.4 Å². The van der Waals surface area contributed by atoms with Crippen LogP contribution < -0.4 is 0 Å². The van der Waals surface area contributed by atoms with Crippen LogP contribution in [-0.4, -0.2) is 21.4 Å². The number of thiophene rings is 1. The van der Waals surface area contributed by atoms with Crippen molar-refractivity contribution in [3.63, 3.8) is 0 Å². The molecule has 0 N–H and O–H groups in total. The van der Waals surface area contributed by atoms with Gasteiger partial charge in [0, 0.05) is 34.9 Å². The molecule has 1 atom stereocenters. The Morgan fingerprint density at radius 2 is 2.33 bits per heavy atom. The Hall–Kier alpha value is -1.26.